The van der Waals surface area contributed by atoms with Crippen LogP contribution in [0, 0.1) is 19.8 Å². The minimum absolute atomic E-state index is 0.537. The molecule has 20 heavy (non-hydrogen) atoms. The predicted octanol–water partition coefficient (Wildman–Crippen LogP) is 4.23. The molecule has 1 N–H and O–H groups in total. The average Bonchev–Trinajstić information content (AvgIpc) is 2.71. The first kappa shape index (κ1) is 14.9. The largest absolute Gasteiger partial charge is 0.318 e. The summed E-state index contributed by atoms with van der Waals surface area (Å²) in [6, 6.07) is 13.4. The number of aryl methyl sites for hydroxylation is 1. The van der Waals surface area contributed by atoms with Crippen molar-refractivity contribution in [1.29, 1.82) is 0 Å². The van der Waals surface area contributed by atoms with E-state index in [0.29, 0.717) is 12.0 Å². The van der Waals surface area contributed by atoms with Crippen LogP contribution in [0.5, 0.6) is 0 Å². The Morgan fingerprint density at radius 1 is 1.05 bits per heavy atom. The van der Waals surface area contributed by atoms with Crippen LogP contribution >= 0.6 is 0 Å². The molecule has 1 aromatic heterocycles. The summed E-state index contributed by atoms with van der Waals surface area (Å²) in [5.74, 6) is 0.660. The second-order valence-corrected chi connectivity index (χ2v) is 5.98. The minimum Gasteiger partial charge on any atom is -0.318 e. The summed E-state index contributed by atoms with van der Waals surface area (Å²) < 4.78 is 2.33. The number of nitrogens with zero attached hydrogens (tertiary/aromatic N) is 1. The lowest BCUT2D eigenvalue weighted by molar-refractivity contribution is 0.426. The van der Waals surface area contributed by atoms with Gasteiger partial charge in [0.25, 0.3) is 0 Å². The molecule has 1 unspecified atom stereocenters. The van der Waals surface area contributed by atoms with Gasteiger partial charge in [-0.2, -0.15) is 0 Å². The monoisotopic (exact) mass is 270 g/mol. The van der Waals surface area contributed by atoms with Gasteiger partial charge in [-0.05, 0) is 50.5 Å². The molecule has 1 heterocycles. The van der Waals surface area contributed by atoms with E-state index < -0.39 is 0 Å². The molecule has 1 atom stereocenters. The van der Waals surface area contributed by atoms with Gasteiger partial charge in [-0.1, -0.05) is 32.0 Å². The molecular formula is C18H26N2. The maximum absolute atomic E-state index is 3.62. The first-order valence-corrected chi connectivity index (χ1v) is 7.47. The molecule has 0 bridgehead atoms. The highest BCUT2D eigenvalue weighted by molar-refractivity contribution is 5.40. The molecule has 1 aromatic carbocycles. The number of para-hydroxylation sites is 1. The average molecular weight is 270 g/mol. The quantitative estimate of drug-likeness (QED) is 0.860. The molecule has 108 valence electrons. The summed E-state index contributed by atoms with van der Waals surface area (Å²) in [5, 5.41) is 3.62. The van der Waals surface area contributed by atoms with Crippen LogP contribution in [-0.2, 0) is 6.54 Å². The van der Waals surface area contributed by atoms with Crippen molar-refractivity contribution in [3.05, 3.63) is 53.3 Å². The van der Waals surface area contributed by atoms with Crippen molar-refractivity contribution in [2.24, 2.45) is 5.92 Å². The SMILES string of the molecule is Cc1cc(CNC(C)C(C)C)c(C)n1-c1ccccc1. The first-order valence-electron chi connectivity index (χ1n) is 7.47. The fourth-order valence-electron chi connectivity index (χ4n) is 2.49. The van der Waals surface area contributed by atoms with Gasteiger partial charge in [0.15, 0.2) is 0 Å². The number of rotatable bonds is 5. The summed E-state index contributed by atoms with van der Waals surface area (Å²) in [5.41, 5.74) is 5.25. The van der Waals surface area contributed by atoms with Crippen LogP contribution < -0.4 is 5.32 Å². The van der Waals surface area contributed by atoms with Crippen molar-refractivity contribution < 1.29 is 0 Å². The summed E-state index contributed by atoms with van der Waals surface area (Å²) in [6.45, 7) is 12.1. The fraction of sp³-hybridized carbons (Fsp3) is 0.444. The van der Waals surface area contributed by atoms with E-state index in [1.807, 2.05) is 0 Å². The summed E-state index contributed by atoms with van der Waals surface area (Å²) in [4.78, 5) is 0. The molecule has 2 aromatic rings. The molecule has 0 amide bonds. The lowest BCUT2D eigenvalue weighted by atomic mass is 10.1. The van der Waals surface area contributed by atoms with E-state index in [1.165, 1.54) is 22.6 Å². The molecule has 0 aliphatic carbocycles. The molecule has 0 radical (unpaired) electrons. The van der Waals surface area contributed by atoms with Crippen LogP contribution in [-0.4, -0.2) is 10.6 Å². The molecule has 0 saturated heterocycles. The third kappa shape index (κ3) is 3.13. The Labute approximate surface area is 122 Å². The van der Waals surface area contributed by atoms with E-state index in [9.17, 15) is 0 Å². The summed E-state index contributed by atoms with van der Waals surface area (Å²) in [6.07, 6.45) is 0. The van der Waals surface area contributed by atoms with E-state index >= 15 is 0 Å². The van der Waals surface area contributed by atoms with Crippen molar-refractivity contribution in [3.8, 4) is 5.69 Å². The maximum atomic E-state index is 3.62. The number of benzene rings is 1. The van der Waals surface area contributed by atoms with E-state index in [2.05, 4.69) is 80.9 Å². The molecule has 2 rings (SSSR count). The van der Waals surface area contributed by atoms with Gasteiger partial charge < -0.3 is 9.88 Å². The highest BCUT2D eigenvalue weighted by Gasteiger charge is 2.12. The van der Waals surface area contributed by atoms with Crippen LogP contribution in [0.25, 0.3) is 5.69 Å². The van der Waals surface area contributed by atoms with Crippen LogP contribution in [0.3, 0.4) is 0 Å². The summed E-state index contributed by atoms with van der Waals surface area (Å²) in [7, 11) is 0. The zero-order valence-corrected chi connectivity index (χ0v) is 13.3. The maximum Gasteiger partial charge on any atom is 0.0455 e. The molecule has 0 saturated carbocycles. The first-order chi connectivity index (χ1) is 9.50. The van der Waals surface area contributed by atoms with Gasteiger partial charge in [-0.25, -0.2) is 0 Å². The zero-order valence-electron chi connectivity index (χ0n) is 13.3. The van der Waals surface area contributed by atoms with Gasteiger partial charge in [0, 0.05) is 29.7 Å². The lowest BCUT2D eigenvalue weighted by Gasteiger charge is -2.17. The van der Waals surface area contributed by atoms with Crippen molar-refractivity contribution in [3.63, 3.8) is 0 Å². The smallest absolute Gasteiger partial charge is 0.0455 e. The van der Waals surface area contributed by atoms with Gasteiger partial charge in [0.1, 0.15) is 0 Å². The van der Waals surface area contributed by atoms with Crippen molar-refractivity contribution in [2.75, 3.05) is 0 Å². The van der Waals surface area contributed by atoms with Gasteiger partial charge >= 0.3 is 0 Å². The van der Waals surface area contributed by atoms with E-state index in [4.69, 9.17) is 0 Å². The van der Waals surface area contributed by atoms with Gasteiger partial charge in [0.05, 0.1) is 0 Å². The Morgan fingerprint density at radius 3 is 2.30 bits per heavy atom. The number of hydrogen-bond donors (Lipinski definition) is 1. The van der Waals surface area contributed by atoms with Crippen LogP contribution in [0.1, 0.15) is 37.7 Å². The number of hydrogen-bond acceptors (Lipinski definition) is 1. The van der Waals surface area contributed by atoms with Crippen LogP contribution in [0.2, 0.25) is 0 Å². The second-order valence-electron chi connectivity index (χ2n) is 5.98. The molecule has 2 nitrogen and oxygen atoms in total. The molecule has 0 fully saturated rings. The third-order valence-electron chi connectivity index (χ3n) is 4.16. The second kappa shape index (κ2) is 6.27. The Balaban J connectivity index is 2.21. The summed E-state index contributed by atoms with van der Waals surface area (Å²) >= 11 is 0. The normalized spacial score (nSPS) is 12.9. The van der Waals surface area contributed by atoms with Gasteiger partial charge in [-0.3, -0.25) is 0 Å². The highest BCUT2D eigenvalue weighted by Crippen LogP contribution is 2.20. The third-order valence-corrected chi connectivity index (χ3v) is 4.16. The van der Waals surface area contributed by atoms with Crippen molar-refractivity contribution >= 4 is 0 Å². The van der Waals surface area contributed by atoms with Gasteiger partial charge in [0.2, 0.25) is 0 Å². The van der Waals surface area contributed by atoms with Crippen molar-refractivity contribution in [2.45, 2.75) is 47.2 Å². The minimum atomic E-state index is 0.537. The molecule has 0 aliphatic heterocycles. The molecule has 0 aliphatic rings. The van der Waals surface area contributed by atoms with E-state index in [0.717, 1.165) is 6.54 Å². The van der Waals surface area contributed by atoms with Crippen LogP contribution in [0.15, 0.2) is 36.4 Å². The van der Waals surface area contributed by atoms with Crippen LogP contribution in [0.4, 0.5) is 0 Å². The zero-order chi connectivity index (χ0) is 14.7. The lowest BCUT2D eigenvalue weighted by Crippen LogP contribution is -2.30. The number of nitrogens with one attached hydrogen (secondary N) is 1. The molecular weight excluding hydrogens is 244 g/mol. The topological polar surface area (TPSA) is 17.0 Å². The van der Waals surface area contributed by atoms with E-state index in [1.54, 1.807) is 0 Å². The Bertz CT molecular complexity index is 552. The standard InChI is InChI=1S/C18H26N2/c1-13(2)15(4)19-12-17-11-14(3)20(16(17)5)18-9-7-6-8-10-18/h6-11,13,15,19H,12H2,1-5H3. The van der Waals surface area contributed by atoms with Gasteiger partial charge in [-0.15, -0.1) is 0 Å². The molecule has 0 spiro atoms. The highest BCUT2D eigenvalue weighted by atomic mass is 15.0. The predicted molar refractivity (Wildman–Crippen MR) is 86.4 cm³/mol. The Hall–Kier alpha value is -1.54. The Morgan fingerprint density at radius 2 is 1.70 bits per heavy atom. The van der Waals surface area contributed by atoms with Crippen molar-refractivity contribution in [1.82, 2.24) is 9.88 Å². The number of aromatic nitrogens is 1. The Kier molecular flexibility index (Phi) is 4.66. The van der Waals surface area contributed by atoms with E-state index in [-0.39, 0.29) is 0 Å². The molecule has 2 heteroatoms. The fourth-order valence-corrected chi connectivity index (χ4v) is 2.49.